The van der Waals surface area contributed by atoms with Gasteiger partial charge in [-0.15, -0.1) is 0 Å². The van der Waals surface area contributed by atoms with Crippen molar-refractivity contribution in [2.75, 3.05) is 5.32 Å². The number of amides is 1. The molecule has 0 unspecified atom stereocenters. The molecule has 146 valence electrons. The molecule has 0 fully saturated rings. The maximum Gasteiger partial charge on any atom is 0.267 e. The molecule has 0 atom stereocenters. The summed E-state index contributed by atoms with van der Waals surface area (Å²) in [7, 11) is 0. The molecule has 0 spiro atoms. The van der Waals surface area contributed by atoms with E-state index in [1.54, 1.807) is 13.8 Å². The number of H-pyrrole nitrogens is 1. The molecule has 4 rings (SSSR count). The first-order valence-electron chi connectivity index (χ1n) is 9.22. The van der Waals surface area contributed by atoms with Gasteiger partial charge in [0.25, 0.3) is 5.91 Å². The van der Waals surface area contributed by atoms with Crippen molar-refractivity contribution in [3.8, 4) is 17.1 Å². The van der Waals surface area contributed by atoms with E-state index in [4.69, 9.17) is 4.74 Å². The van der Waals surface area contributed by atoms with E-state index in [2.05, 4.69) is 31.2 Å². The van der Waals surface area contributed by atoms with Crippen molar-refractivity contribution in [3.63, 3.8) is 0 Å². The van der Waals surface area contributed by atoms with E-state index >= 15 is 0 Å². The van der Waals surface area contributed by atoms with Gasteiger partial charge in [0.2, 0.25) is 0 Å². The van der Waals surface area contributed by atoms with E-state index in [0.29, 0.717) is 11.4 Å². The molecule has 0 aliphatic heterocycles. The summed E-state index contributed by atoms with van der Waals surface area (Å²) >= 11 is 3.39. The molecular formula is C23H20BrN3O2. The number of para-hydroxylation sites is 2. The van der Waals surface area contributed by atoms with E-state index in [1.807, 2.05) is 72.8 Å². The van der Waals surface area contributed by atoms with Gasteiger partial charge < -0.3 is 15.0 Å². The van der Waals surface area contributed by atoms with E-state index in [1.165, 1.54) is 0 Å². The van der Waals surface area contributed by atoms with Crippen molar-refractivity contribution in [2.45, 2.75) is 19.4 Å². The van der Waals surface area contributed by atoms with Crippen molar-refractivity contribution in [1.82, 2.24) is 9.97 Å². The predicted octanol–water partition coefficient (Wildman–Crippen LogP) is 5.79. The van der Waals surface area contributed by atoms with E-state index in [9.17, 15) is 4.79 Å². The number of benzene rings is 3. The molecule has 1 aromatic heterocycles. The van der Waals surface area contributed by atoms with Crippen LogP contribution < -0.4 is 10.1 Å². The Morgan fingerprint density at radius 3 is 2.38 bits per heavy atom. The first kappa shape index (κ1) is 19.2. The molecule has 0 saturated heterocycles. The number of anilines is 1. The monoisotopic (exact) mass is 449 g/mol. The van der Waals surface area contributed by atoms with E-state index in [-0.39, 0.29) is 5.91 Å². The molecule has 5 nitrogen and oxygen atoms in total. The fourth-order valence-corrected chi connectivity index (χ4v) is 3.19. The quantitative estimate of drug-likeness (QED) is 0.405. The molecule has 0 aliphatic rings. The minimum atomic E-state index is -1.02. The SMILES string of the molecule is CC(C)(Oc1ccc(Br)cc1)C(=O)Nc1ccc(-c2nc3ccccc3[nH]2)cc1. The van der Waals surface area contributed by atoms with Crippen molar-refractivity contribution < 1.29 is 9.53 Å². The molecule has 0 saturated carbocycles. The second-order valence-corrected chi connectivity index (χ2v) is 8.12. The highest BCUT2D eigenvalue weighted by atomic mass is 79.9. The van der Waals surface area contributed by atoms with Crippen LogP contribution in [0.2, 0.25) is 0 Å². The van der Waals surface area contributed by atoms with Crippen LogP contribution in [0.1, 0.15) is 13.8 Å². The van der Waals surface area contributed by atoms with Crippen LogP contribution in [0.4, 0.5) is 5.69 Å². The third-order valence-corrected chi connectivity index (χ3v) is 5.07. The van der Waals surface area contributed by atoms with Crippen LogP contribution in [0.3, 0.4) is 0 Å². The van der Waals surface area contributed by atoms with Crippen LogP contribution in [-0.2, 0) is 4.79 Å². The van der Waals surface area contributed by atoms with Gasteiger partial charge >= 0.3 is 0 Å². The fourth-order valence-electron chi connectivity index (χ4n) is 2.93. The van der Waals surface area contributed by atoms with Gasteiger partial charge in [-0.05, 0) is 74.5 Å². The normalized spacial score (nSPS) is 11.4. The summed E-state index contributed by atoms with van der Waals surface area (Å²) in [5, 5.41) is 2.92. The van der Waals surface area contributed by atoms with Crippen LogP contribution in [0.15, 0.2) is 77.3 Å². The summed E-state index contributed by atoms with van der Waals surface area (Å²) < 4.78 is 6.82. The maximum atomic E-state index is 12.7. The van der Waals surface area contributed by atoms with Crippen molar-refractivity contribution in [2.24, 2.45) is 0 Å². The van der Waals surface area contributed by atoms with Gasteiger partial charge in [-0.25, -0.2) is 4.98 Å². The molecule has 6 heteroatoms. The molecule has 3 aromatic carbocycles. The number of hydrogen-bond acceptors (Lipinski definition) is 3. The molecule has 1 amide bonds. The van der Waals surface area contributed by atoms with Crippen molar-refractivity contribution >= 4 is 38.6 Å². The second kappa shape index (κ2) is 7.72. The molecule has 2 N–H and O–H groups in total. The van der Waals surface area contributed by atoms with Crippen molar-refractivity contribution in [1.29, 1.82) is 0 Å². The minimum absolute atomic E-state index is 0.225. The van der Waals surface area contributed by atoms with Crippen molar-refractivity contribution in [3.05, 3.63) is 77.3 Å². The first-order valence-corrected chi connectivity index (χ1v) is 10.0. The summed E-state index contributed by atoms with van der Waals surface area (Å²) in [4.78, 5) is 20.6. The standard InChI is InChI=1S/C23H20BrN3O2/c1-23(2,29-18-13-9-16(24)10-14-18)22(28)25-17-11-7-15(8-12-17)21-26-19-5-3-4-6-20(19)27-21/h3-14H,1-2H3,(H,25,28)(H,26,27). The summed E-state index contributed by atoms with van der Waals surface area (Å²) in [6.45, 7) is 3.49. The average Bonchev–Trinajstić information content (AvgIpc) is 3.14. The Morgan fingerprint density at radius 1 is 1.00 bits per heavy atom. The number of nitrogens with zero attached hydrogens (tertiary/aromatic N) is 1. The molecule has 0 radical (unpaired) electrons. The lowest BCUT2D eigenvalue weighted by molar-refractivity contribution is -0.128. The van der Waals surface area contributed by atoms with Crippen LogP contribution in [0.5, 0.6) is 5.75 Å². The number of hydrogen-bond donors (Lipinski definition) is 2. The number of imidazole rings is 1. The molecular weight excluding hydrogens is 430 g/mol. The molecule has 0 bridgehead atoms. The number of carbonyl (C=O) groups excluding carboxylic acids is 1. The lowest BCUT2D eigenvalue weighted by atomic mass is 10.1. The number of ether oxygens (including phenoxy) is 1. The number of fused-ring (bicyclic) bond motifs is 1. The highest BCUT2D eigenvalue weighted by molar-refractivity contribution is 9.10. The Balaban J connectivity index is 1.46. The Kier molecular flexibility index (Phi) is 5.11. The fraction of sp³-hybridized carbons (Fsp3) is 0.130. The van der Waals surface area contributed by atoms with Gasteiger partial charge in [0.1, 0.15) is 11.6 Å². The van der Waals surface area contributed by atoms with Gasteiger partial charge in [0, 0.05) is 15.7 Å². The maximum absolute atomic E-state index is 12.7. The molecule has 4 aromatic rings. The Labute approximate surface area is 177 Å². The lowest BCUT2D eigenvalue weighted by Gasteiger charge is -2.25. The Bertz CT molecular complexity index is 1120. The summed E-state index contributed by atoms with van der Waals surface area (Å²) in [6, 6.07) is 22.9. The molecule has 0 aliphatic carbocycles. The third kappa shape index (κ3) is 4.32. The molecule has 1 heterocycles. The summed E-state index contributed by atoms with van der Waals surface area (Å²) in [5.41, 5.74) is 2.54. The highest BCUT2D eigenvalue weighted by Gasteiger charge is 2.30. The van der Waals surface area contributed by atoms with Crippen LogP contribution in [0.25, 0.3) is 22.4 Å². The second-order valence-electron chi connectivity index (χ2n) is 7.20. The minimum Gasteiger partial charge on any atom is -0.478 e. The largest absolute Gasteiger partial charge is 0.478 e. The molecule has 29 heavy (non-hydrogen) atoms. The smallest absolute Gasteiger partial charge is 0.267 e. The average molecular weight is 450 g/mol. The first-order chi connectivity index (χ1) is 13.9. The van der Waals surface area contributed by atoms with Gasteiger partial charge in [0.05, 0.1) is 11.0 Å². The number of nitrogens with one attached hydrogen (secondary N) is 2. The number of aromatic nitrogens is 2. The summed E-state index contributed by atoms with van der Waals surface area (Å²) in [5.74, 6) is 1.20. The topological polar surface area (TPSA) is 67.0 Å². The Hall–Kier alpha value is -3.12. The van der Waals surface area contributed by atoms with Gasteiger partial charge in [0.15, 0.2) is 5.60 Å². The van der Waals surface area contributed by atoms with Crippen LogP contribution in [-0.4, -0.2) is 21.5 Å². The summed E-state index contributed by atoms with van der Waals surface area (Å²) in [6.07, 6.45) is 0. The van der Waals surface area contributed by atoms with Gasteiger partial charge in [-0.2, -0.15) is 0 Å². The van der Waals surface area contributed by atoms with Crippen LogP contribution in [0, 0.1) is 0 Å². The lowest BCUT2D eigenvalue weighted by Crippen LogP contribution is -2.42. The zero-order valence-corrected chi connectivity index (χ0v) is 17.7. The van der Waals surface area contributed by atoms with Gasteiger partial charge in [-0.1, -0.05) is 28.1 Å². The zero-order chi connectivity index (χ0) is 20.4. The number of rotatable bonds is 5. The third-order valence-electron chi connectivity index (χ3n) is 4.54. The van der Waals surface area contributed by atoms with E-state index < -0.39 is 5.60 Å². The Morgan fingerprint density at radius 2 is 1.69 bits per heavy atom. The van der Waals surface area contributed by atoms with Gasteiger partial charge in [-0.3, -0.25) is 4.79 Å². The number of aromatic amines is 1. The number of halogens is 1. The van der Waals surface area contributed by atoms with Crippen LogP contribution >= 0.6 is 15.9 Å². The highest BCUT2D eigenvalue weighted by Crippen LogP contribution is 2.24. The number of carbonyl (C=O) groups is 1. The van der Waals surface area contributed by atoms with E-state index in [0.717, 1.165) is 26.9 Å². The predicted molar refractivity (Wildman–Crippen MR) is 119 cm³/mol. The zero-order valence-electron chi connectivity index (χ0n) is 16.1.